The standard InChI is InChI=1S/C19H35N5O/c1-16(2)14-20-19(21-15-18(25)22(3)4)24-12-10-23(11-13-24)17-8-6-5-7-9-17/h17H,1,5-15H2,2-4H3,(H,20,21). The number of carbonyl (C=O) groups is 1. The fourth-order valence-corrected chi connectivity index (χ4v) is 3.53. The Morgan fingerprint density at radius 1 is 1.16 bits per heavy atom. The number of rotatable bonds is 5. The maximum Gasteiger partial charge on any atom is 0.243 e. The van der Waals surface area contributed by atoms with Gasteiger partial charge in [0.05, 0.1) is 0 Å². The number of aliphatic imine (C=N–C) groups is 1. The molecule has 0 aromatic rings. The van der Waals surface area contributed by atoms with Gasteiger partial charge in [0.15, 0.2) is 5.96 Å². The van der Waals surface area contributed by atoms with Crippen LogP contribution in [-0.4, -0.2) is 86.0 Å². The number of hydrogen-bond acceptors (Lipinski definition) is 3. The normalized spacial score (nSPS) is 20.4. The fourth-order valence-electron chi connectivity index (χ4n) is 3.53. The van der Waals surface area contributed by atoms with Crippen LogP contribution in [0, 0.1) is 0 Å². The Labute approximate surface area is 152 Å². The third-order valence-corrected chi connectivity index (χ3v) is 5.12. The lowest BCUT2D eigenvalue weighted by Gasteiger charge is -2.41. The van der Waals surface area contributed by atoms with Crippen LogP contribution < -0.4 is 5.32 Å². The summed E-state index contributed by atoms with van der Waals surface area (Å²) < 4.78 is 0. The van der Waals surface area contributed by atoms with Gasteiger partial charge in [0.2, 0.25) is 5.91 Å². The number of nitrogens with one attached hydrogen (secondary N) is 1. The van der Waals surface area contributed by atoms with Crippen molar-refractivity contribution in [2.24, 2.45) is 4.99 Å². The van der Waals surface area contributed by atoms with E-state index in [-0.39, 0.29) is 12.5 Å². The molecule has 0 radical (unpaired) electrons. The monoisotopic (exact) mass is 349 g/mol. The van der Waals surface area contributed by atoms with Crippen LogP contribution in [-0.2, 0) is 4.79 Å². The van der Waals surface area contributed by atoms with Crippen LogP contribution in [0.25, 0.3) is 0 Å². The van der Waals surface area contributed by atoms with E-state index in [1.54, 1.807) is 19.0 Å². The van der Waals surface area contributed by atoms with Gasteiger partial charge in [-0.15, -0.1) is 0 Å². The maximum absolute atomic E-state index is 11.9. The van der Waals surface area contributed by atoms with Gasteiger partial charge >= 0.3 is 0 Å². The highest BCUT2D eigenvalue weighted by atomic mass is 16.2. The van der Waals surface area contributed by atoms with E-state index in [1.165, 1.54) is 32.1 Å². The summed E-state index contributed by atoms with van der Waals surface area (Å²) in [6.07, 6.45) is 6.87. The van der Waals surface area contributed by atoms with Crippen LogP contribution >= 0.6 is 0 Å². The van der Waals surface area contributed by atoms with E-state index < -0.39 is 0 Å². The molecule has 2 fully saturated rings. The van der Waals surface area contributed by atoms with Crippen molar-refractivity contribution < 1.29 is 4.79 Å². The lowest BCUT2D eigenvalue weighted by atomic mass is 9.94. The predicted molar refractivity (Wildman–Crippen MR) is 104 cm³/mol. The number of hydrogen-bond donors (Lipinski definition) is 1. The summed E-state index contributed by atoms with van der Waals surface area (Å²) in [7, 11) is 3.53. The number of amides is 1. The van der Waals surface area contributed by atoms with Crippen molar-refractivity contribution in [2.75, 3.05) is 53.4 Å². The molecule has 1 saturated carbocycles. The Bertz CT molecular complexity index is 474. The molecule has 1 aliphatic carbocycles. The van der Waals surface area contributed by atoms with E-state index in [1.807, 2.05) is 6.92 Å². The Balaban J connectivity index is 1.91. The molecule has 0 atom stereocenters. The van der Waals surface area contributed by atoms with Crippen LogP contribution in [0.5, 0.6) is 0 Å². The van der Waals surface area contributed by atoms with E-state index in [0.29, 0.717) is 6.54 Å². The van der Waals surface area contributed by atoms with Gasteiger partial charge in [0, 0.05) is 52.9 Å². The Hall–Kier alpha value is -1.56. The fraction of sp³-hybridized carbons (Fsp3) is 0.789. The smallest absolute Gasteiger partial charge is 0.243 e. The quantitative estimate of drug-likeness (QED) is 0.465. The summed E-state index contributed by atoms with van der Waals surface area (Å²) in [6.45, 7) is 10.9. The molecule has 25 heavy (non-hydrogen) atoms. The Morgan fingerprint density at radius 2 is 1.80 bits per heavy atom. The zero-order valence-electron chi connectivity index (χ0n) is 16.3. The average Bonchev–Trinajstić information content (AvgIpc) is 2.62. The number of piperazine rings is 1. The van der Waals surface area contributed by atoms with E-state index in [0.717, 1.165) is 43.8 Å². The van der Waals surface area contributed by atoms with Crippen LogP contribution in [0.2, 0.25) is 0 Å². The number of guanidine groups is 1. The minimum Gasteiger partial charge on any atom is -0.353 e. The van der Waals surface area contributed by atoms with E-state index in [9.17, 15) is 4.79 Å². The summed E-state index contributed by atoms with van der Waals surface area (Å²) >= 11 is 0. The molecule has 6 heteroatoms. The van der Waals surface area contributed by atoms with Crippen molar-refractivity contribution in [3.05, 3.63) is 12.2 Å². The highest BCUT2D eigenvalue weighted by Gasteiger charge is 2.26. The van der Waals surface area contributed by atoms with Gasteiger partial charge < -0.3 is 15.1 Å². The third-order valence-electron chi connectivity index (χ3n) is 5.12. The number of likely N-dealkylation sites (N-methyl/N-ethyl adjacent to an activating group) is 1. The summed E-state index contributed by atoms with van der Waals surface area (Å²) in [5.41, 5.74) is 1.06. The first-order valence-corrected chi connectivity index (χ1v) is 9.59. The first-order valence-electron chi connectivity index (χ1n) is 9.59. The largest absolute Gasteiger partial charge is 0.353 e. The topological polar surface area (TPSA) is 51.2 Å². The maximum atomic E-state index is 11.9. The van der Waals surface area contributed by atoms with Crippen molar-refractivity contribution in [1.29, 1.82) is 0 Å². The molecule has 1 N–H and O–H groups in total. The molecule has 0 aromatic carbocycles. The molecular weight excluding hydrogens is 314 g/mol. The molecule has 0 spiro atoms. The Kier molecular flexibility index (Phi) is 7.75. The third kappa shape index (κ3) is 6.34. The average molecular weight is 350 g/mol. The van der Waals surface area contributed by atoms with Gasteiger partial charge in [-0.05, 0) is 19.8 Å². The van der Waals surface area contributed by atoms with Crippen LogP contribution in [0.4, 0.5) is 0 Å². The van der Waals surface area contributed by atoms with Crippen molar-refractivity contribution in [2.45, 2.75) is 45.1 Å². The van der Waals surface area contributed by atoms with Crippen LogP contribution in [0.3, 0.4) is 0 Å². The summed E-state index contributed by atoms with van der Waals surface area (Å²) in [5, 5.41) is 3.36. The molecule has 1 aliphatic heterocycles. The van der Waals surface area contributed by atoms with E-state index in [4.69, 9.17) is 0 Å². The van der Waals surface area contributed by atoms with Gasteiger partial charge in [0.25, 0.3) is 0 Å². The van der Waals surface area contributed by atoms with Crippen molar-refractivity contribution in [3.63, 3.8) is 0 Å². The summed E-state index contributed by atoms with van der Waals surface area (Å²) in [6, 6.07) is 0.773. The molecule has 1 amide bonds. The van der Waals surface area contributed by atoms with Gasteiger partial charge in [0.1, 0.15) is 6.54 Å². The highest BCUT2D eigenvalue weighted by molar-refractivity contribution is 5.85. The molecule has 1 saturated heterocycles. The minimum atomic E-state index is 0.0236. The SMILES string of the molecule is C=C(C)CNC(=NCC(=O)N(C)C)N1CCN(C2CCCCC2)CC1. The van der Waals surface area contributed by atoms with Crippen molar-refractivity contribution in [3.8, 4) is 0 Å². The van der Waals surface area contributed by atoms with Gasteiger partial charge in [-0.25, -0.2) is 4.99 Å². The lowest BCUT2D eigenvalue weighted by Crippen LogP contribution is -2.55. The lowest BCUT2D eigenvalue weighted by molar-refractivity contribution is -0.127. The van der Waals surface area contributed by atoms with Crippen molar-refractivity contribution >= 4 is 11.9 Å². The first-order chi connectivity index (χ1) is 12.0. The zero-order valence-corrected chi connectivity index (χ0v) is 16.3. The Morgan fingerprint density at radius 3 is 2.36 bits per heavy atom. The molecule has 0 bridgehead atoms. The molecule has 2 rings (SSSR count). The van der Waals surface area contributed by atoms with E-state index in [2.05, 4.69) is 26.7 Å². The molecule has 2 aliphatic rings. The second kappa shape index (κ2) is 9.80. The molecule has 142 valence electrons. The van der Waals surface area contributed by atoms with E-state index >= 15 is 0 Å². The number of nitrogens with zero attached hydrogens (tertiary/aromatic N) is 4. The zero-order chi connectivity index (χ0) is 18.2. The van der Waals surface area contributed by atoms with Crippen LogP contribution in [0.1, 0.15) is 39.0 Å². The summed E-state index contributed by atoms with van der Waals surface area (Å²) in [4.78, 5) is 22.9. The highest BCUT2D eigenvalue weighted by Crippen LogP contribution is 2.23. The first kappa shape index (κ1) is 19.8. The molecule has 6 nitrogen and oxygen atoms in total. The minimum absolute atomic E-state index is 0.0236. The molecular formula is C19H35N5O. The second-order valence-corrected chi connectivity index (χ2v) is 7.55. The second-order valence-electron chi connectivity index (χ2n) is 7.55. The van der Waals surface area contributed by atoms with Gasteiger partial charge in [-0.1, -0.05) is 31.4 Å². The van der Waals surface area contributed by atoms with Crippen molar-refractivity contribution in [1.82, 2.24) is 20.0 Å². The molecule has 1 heterocycles. The number of carbonyl (C=O) groups excluding carboxylic acids is 1. The molecule has 0 aromatic heterocycles. The predicted octanol–water partition coefficient (Wildman–Crippen LogP) is 1.55. The summed E-state index contributed by atoms with van der Waals surface area (Å²) in [5.74, 6) is 0.858. The van der Waals surface area contributed by atoms with Crippen LogP contribution in [0.15, 0.2) is 17.1 Å². The molecule has 0 unspecified atom stereocenters. The van der Waals surface area contributed by atoms with Gasteiger partial charge in [-0.2, -0.15) is 0 Å². The van der Waals surface area contributed by atoms with Gasteiger partial charge in [-0.3, -0.25) is 9.69 Å².